The van der Waals surface area contributed by atoms with Crippen LogP contribution >= 0.6 is 34.8 Å². The molecule has 0 saturated heterocycles. The third kappa shape index (κ3) is 6.01. The summed E-state index contributed by atoms with van der Waals surface area (Å²) in [6.45, 7) is -0.299. The minimum absolute atomic E-state index is 0.291. The number of carbonyl (C=O) groups is 2. The zero-order chi connectivity index (χ0) is 22.4. The van der Waals surface area contributed by atoms with Crippen molar-refractivity contribution in [1.29, 1.82) is 0 Å². The van der Waals surface area contributed by atoms with Gasteiger partial charge in [0.2, 0.25) is 0 Å². The number of nitrogens with one attached hydrogen (secondary N) is 1. The third-order valence-corrected chi connectivity index (χ3v) is 4.68. The van der Waals surface area contributed by atoms with Crippen LogP contribution in [0.25, 0.3) is 11.3 Å². The van der Waals surface area contributed by atoms with Crippen molar-refractivity contribution in [1.82, 2.24) is 5.43 Å². The van der Waals surface area contributed by atoms with Gasteiger partial charge in [-0.15, -0.1) is 0 Å². The van der Waals surface area contributed by atoms with Crippen LogP contribution < -0.4 is 10.2 Å². The monoisotopic (exact) mass is 480 g/mol. The van der Waals surface area contributed by atoms with Gasteiger partial charge in [0.25, 0.3) is 5.91 Å². The van der Waals surface area contributed by atoms with Gasteiger partial charge in [0.05, 0.1) is 23.9 Å². The number of hydrogen-bond donors (Lipinski definition) is 1. The number of furan rings is 1. The number of hydrazone groups is 1. The van der Waals surface area contributed by atoms with E-state index in [1.807, 2.05) is 0 Å². The number of esters is 1. The van der Waals surface area contributed by atoms with Gasteiger partial charge < -0.3 is 13.9 Å². The highest BCUT2D eigenvalue weighted by Crippen LogP contribution is 2.29. The molecule has 0 saturated carbocycles. The first-order valence-electron chi connectivity index (χ1n) is 8.75. The Balaban J connectivity index is 1.62. The van der Waals surface area contributed by atoms with Gasteiger partial charge in [0, 0.05) is 15.6 Å². The molecule has 3 aromatic rings. The Hall–Kier alpha value is -3.00. The molecular weight excluding hydrogens is 467 g/mol. The molecule has 0 radical (unpaired) electrons. The van der Waals surface area contributed by atoms with Crippen molar-refractivity contribution in [2.75, 3.05) is 13.7 Å². The lowest BCUT2D eigenvalue weighted by molar-refractivity contribution is -0.123. The molecule has 0 fully saturated rings. The smallest absolute Gasteiger partial charge is 0.338 e. The second-order valence-corrected chi connectivity index (χ2v) is 7.32. The summed E-state index contributed by atoms with van der Waals surface area (Å²) in [7, 11) is 1.29. The molecular formula is C21H15Cl3N2O5. The molecule has 0 aliphatic carbocycles. The van der Waals surface area contributed by atoms with E-state index in [1.165, 1.54) is 19.4 Å². The van der Waals surface area contributed by atoms with Crippen LogP contribution in [0.1, 0.15) is 16.1 Å². The number of nitrogens with zero attached hydrogens (tertiary/aromatic N) is 1. The largest absolute Gasteiger partial charge is 0.482 e. The van der Waals surface area contributed by atoms with E-state index in [4.69, 9.17) is 48.7 Å². The number of methoxy groups -OCH3 is 1. The predicted molar refractivity (Wildman–Crippen MR) is 118 cm³/mol. The van der Waals surface area contributed by atoms with Crippen LogP contribution in [-0.2, 0) is 9.53 Å². The third-order valence-electron chi connectivity index (χ3n) is 3.91. The van der Waals surface area contributed by atoms with Gasteiger partial charge in [-0.3, -0.25) is 4.79 Å². The summed E-state index contributed by atoms with van der Waals surface area (Å²) >= 11 is 17.8. The summed E-state index contributed by atoms with van der Waals surface area (Å²) < 4.78 is 15.8. The minimum atomic E-state index is -0.522. The molecule has 1 heterocycles. The first-order valence-corrected chi connectivity index (χ1v) is 9.88. The van der Waals surface area contributed by atoms with Crippen molar-refractivity contribution >= 4 is 52.9 Å². The molecule has 1 amide bonds. The number of rotatable bonds is 7. The van der Waals surface area contributed by atoms with Gasteiger partial charge in [-0.05, 0) is 48.5 Å². The second-order valence-electron chi connectivity index (χ2n) is 6.04. The summed E-state index contributed by atoms with van der Waals surface area (Å²) in [5.74, 6) is 0.0242. The first-order chi connectivity index (χ1) is 14.9. The molecule has 10 heteroatoms. The van der Waals surface area contributed by atoms with Crippen LogP contribution in [0.3, 0.4) is 0 Å². The van der Waals surface area contributed by atoms with Crippen molar-refractivity contribution in [3.8, 4) is 17.1 Å². The Morgan fingerprint density at radius 3 is 2.55 bits per heavy atom. The fourth-order valence-corrected chi connectivity index (χ4v) is 3.15. The SMILES string of the molecule is COC(=O)c1ccc(Cl)cc1-c1ccc(/C=N\NC(=O)COc2ccc(Cl)cc2Cl)o1. The standard InChI is InChI=1S/C21H15Cl3N2O5/c1-29-21(28)15-5-2-12(22)8-16(15)18-7-4-14(31-18)10-25-26-20(27)11-30-19-6-3-13(23)9-17(19)24/h2-10H,11H2,1H3,(H,26,27)/b25-10-. The summed E-state index contributed by atoms with van der Waals surface area (Å²) in [6.07, 6.45) is 1.30. The van der Waals surface area contributed by atoms with E-state index in [2.05, 4.69) is 10.5 Å². The lowest BCUT2D eigenvalue weighted by atomic mass is 10.1. The fraction of sp³-hybridized carbons (Fsp3) is 0.0952. The van der Waals surface area contributed by atoms with Crippen LogP contribution in [0.4, 0.5) is 0 Å². The first kappa shape index (κ1) is 22.7. The lowest BCUT2D eigenvalue weighted by Gasteiger charge is -2.07. The summed E-state index contributed by atoms with van der Waals surface area (Å²) in [5.41, 5.74) is 3.08. The molecule has 0 aliphatic rings. The van der Waals surface area contributed by atoms with E-state index in [-0.39, 0.29) is 6.61 Å². The summed E-state index contributed by atoms with van der Waals surface area (Å²) in [6, 6.07) is 12.7. The fourth-order valence-electron chi connectivity index (χ4n) is 2.51. The zero-order valence-electron chi connectivity index (χ0n) is 16.0. The highest BCUT2D eigenvalue weighted by molar-refractivity contribution is 6.35. The van der Waals surface area contributed by atoms with Crippen molar-refractivity contribution in [2.45, 2.75) is 0 Å². The van der Waals surface area contributed by atoms with E-state index >= 15 is 0 Å². The van der Waals surface area contributed by atoms with Gasteiger partial charge in [-0.1, -0.05) is 34.8 Å². The normalized spacial score (nSPS) is 10.8. The number of carbonyl (C=O) groups excluding carboxylic acids is 2. The number of hydrogen-bond acceptors (Lipinski definition) is 6. The van der Waals surface area contributed by atoms with Gasteiger partial charge in [-0.25, -0.2) is 10.2 Å². The Labute approximate surface area is 192 Å². The van der Waals surface area contributed by atoms with Gasteiger partial charge in [0.15, 0.2) is 6.61 Å². The maximum atomic E-state index is 12.0. The number of halogens is 3. The van der Waals surface area contributed by atoms with Crippen molar-refractivity contribution in [2.24, 2.45) is 5.10 Å². The lowest BCUT2D eigenvalue weighted by Crippen LogP contribution is -2.24. The van der Waals surface area contributed by atoms with Crippen LogP contribution in [0.15, 0.2) is 58.0 Å². The van der Waals surface area contributed by atoms with Crippen molar-refractivity contribution in [3.05, 3.63) is 74.9 Å². The number of ether oxygens (including phenoxy) is 2. The Bertz CT molecular complexity index is 1140. The maximum Gasteiger partial charge on any atom is 0.338 e. The molecule has 1 aromatic heterocycles. The number of amides is 1. The van der Waals surface area contributed by atoms with Crippen molar-refractivity contribution < 1.29 is 23.5 Å². The molecule has 31 heavy (non-hydrogen) atoms. The van der Waals surface area contributed by atoms with Gasteiger partial charge >= 0.3 is 5.97 Å². The molecule has 0 unspecified atom stereocenters. The highest BCUT2D eigenvalue weighted by Gasteiger charge is 2.16. The van der Waals surface area contributed by atoms with Crippen LogP contribution in [0.2, 0.25) is 15.1 Å². The molecule has 2 aromatic carbocycles. The van der Waals surface area contributed by atoms with Crippen LogP contribution in [0, 0.1) is 0 Å². The quantitative estimate of drug-likeness (QED) is 0.284. The number of benzene rings is 2. The minimum Gasteiger partial charge on any atom is -0.482 e. The van der Waals surface area contributed by atoms with E-state index in [0.717, 1.165) is 0 Å². The molecule has 0 spiro atoms. The molecule has 7 nitrogen and oxygen atoms in total. The molecule has 160 valence electrons. The summed E-state index contributed by atoms with van der Waals surface area (Å²) in [4.78, 5) is 23.9. The second kappa shape index (κ2) is 10.3. The topological polar surface area (TPSA) is 90.1 Å². The Morgan fingerprint density at radius 1 is 1.06 bits per heavy atom. The molecule has 0 atom stereocenters. The van der Waals surface area contributed by atoms with Crippen molar-refractivity contribution in [3.63, 3.8) is 0 Å². The zero-order valence-corrected chi connectivity index (χ0v) is 18.3. The van der Waals surface area contributed by atoms with E-state index in [0.29, 0.717) is 43.5 Å². The van der Waals surface area contributed by atoms with Gasteiger partial charge in [0.1, 0.15) is 17.3 Å². The maximum absolute atomic E-state index is 12.0. The predicted octanol–water partition coefficient (Wildman–Crippen LogP) is 5.22. The van der Waals surface area contributed by atoms with E-state index in [9.17, 15) is 9.59 Å². The Morgan fingerprint density at radius 2 is 1.81 bits per heavy atom. The average molecular weight is 482 g/mol. The Kier molecular flexibility index (Phi) is 7.57. The van der Waals surface area contributed by atoms with E-state index in [1.54, 1.807) is 42.5 Å². The molecule has 0 bridgehead atoms. The van der Waals surface area contributed by atoms with Crippen LogP contribution in [0.5, 0.6) is 5.75 Å². The molecule has 3 rings (SSSR count). The molecule has 0 aliphatic heterocycles. The van der Waals surface area contributed by atoms with Gasteiger partial charge in [-0.2, -0.15) is 5.10 Å². The summed E-state index contributed by atoms with van der Waals surface area (Å²) in [5, 5.41) is 5.00. The average Bonchev–Trinajstić information content (AvgIpc) is 3.21. The molecule has 1 N–H and O–H groups in total. The highest BCUT2D eigenvalue weighted by atomic mass is 35.5. The van der Waals surface area contributed by atoms with E-state index < -0.39 is 11.9 Å². The van der Waals surface area contributed by atoms with Crippen LogP contribution in [-0.4, -0.2) is 31.8 Å².